The second kappa shape index (κ2) is 3.89. The number of hydrogen-bond acceptors (Lipinski definition) is 2. The Labute approximate surface area is 87.4 Å². The van der Waals surface area contributed by atoms with E-state index in [1.165, 1.54) is 12.1 Å². The van der Waals surface area contributed by atoms with Crippen LogP contribution in [0.3, 0.4) is 0 Å². The Hall–Kier alpha value is -0.870. The molecule has 13 heavy (non-hydrogen) atoms. The van der Waals surface area contributed by atoms with Crippen LogP contribution in [0.4, 0.5) is 0 Å². The minimum absolute atomic E-state index is 0.0556. The van der Waals surface area contributed by atoms with Crippen molar-refractivity contribution in [2.45, 2.75) is 0 Å². The summed E-state index contributed by atoms with van der Waals surface area (Å²) in [5.74, 6) is -2.47. The summed E-state index contributed by atoms with van der Waals surface area (Å²) in [6.45, 7) is 0. The molecule has 0 bridgehead atoms. The quantitative estimate of drug-likeness (QED) is 0.658. The van der Waals surface area contributed by atoms with E-state index in [-0.39, 0.29) is 5.56 Å². The van der Waals surface area contributed by atoms with E-state index in [1.807, 2.05) is 0 Å². The number of carboxylic acid groups (broad SMARTS) is 1. The summed E-state index contributed by atoms with van der Waals surface area (Å²) >= 11 is 8.70. The molecule has 0 unspecified atom stereocenters. The van der Waals surface area contributed by atoms with Crippen LogP contribution in [0.2, 0.25) is 5.02 Å². The van der Waals surface area contributed by atoms with Gasteiger partial charge in [-0.2, -0.15) is 0 Å². The van der Waals surface area contributed by atoms with Crippen LogP contribution in [0.1, 0.15) is 10.4 Å². The lowest BCUT2D eigenvalue weighted by Crippen LogP contribution is -2.13. The maximum absolute atomic E-state index is 11.0. The number of Topliss-reactive ketones (excluding diaryl/α,β-unsaturated/α-hetero) is 1. The Bertz CT molecular complexity index is 376. The molecular weight excluding hydrogens is 259 g/mol. The third kappa shape index (κ3) is 2.08. The summed E-state index contributed by atoms with van der Waals surface area (Å²) < 4.78 is 0.309. The number of benzene rings is 1. The molecule has 68 valence electrons. The van der Waals surface area contributed by atoms with E-state index >= 15 is 0 Å². The predicted octanol–water partition coefficient (Wildman–Crippen LogP) is 2.37. The lowest BCUT2D eigenvalue weighted by Gasteiger charge is -2.00. The second-order valence-corrected chi connectivity index (χ2v) is 3.44. The minimum atomic E-state index is -1.50. The predicted molar refractivity (Wildman–Crippen MR) is 51.1 cm³/mol. The zero-order valence-electron chi connectivity index (χ0n) is 6.25. The smallest absolute Gasteiger partial charge is 0.377 e. The monoisotopic (exact) mass is 262 g/mol. The van der Waals surface area contributed by atoms with Crippen LogP contribution in [-0.2, 0) is 4.79 Å². The normalized spacial score (nSPS) is 9.69. The molecule has 0 aliphatic rings. The van der Waals surface area contributed by atoms with Gasteiger partial charge in [-0.05, 0) is 28.1 Å². The number of carboxylic acids is 1. The van der Waals surface area contributed by atoms with Gasteiger partial charge in [0.1, 0.15) is 0 Å². The molecule has 0 aromatic heterocycles. The van der Waals surface area contributed by atoms with Crippen LogP contribution < -0.4 is 0 Å². The van der Waals surface area contributed by atoms with Crippen LogP contribution >= 0.6 is 27.5 Å². The van der Waals surface area contributed by atoms with Gasteiger partial charge in [-0.25, -0.2) is 4.79 Å². The Kier molecular flexibility index (Phi) is 3.06. The molecule has 1 N–H and O–H groups in total. The highest BCUT2D eigenvalue weighted by Gasteiger charge is 2.18. The standard InChI is InChI=1S/C8H4BrClO3/c9-6-4(7(11)8(12)13)2-1-3-5(6)10/h1-3H,(H,12,13). The van der Waals surface area contributed by atoms with E-state index in [9.17, 15) is 9.59 Å². The summed E-state index contributed by atoms with van der Waals surface area (Å²) in [6, 6.07) is 4.47. The fourth-order valence-electron chi connectivity index (χ4n) is 0.794. The summed E-state index contributed by atoms with van der Waals surface area (Å²) in [6.07, 6.45) is 0. The summed E-state index contributed by atoms with van der Waals surface area (Å²) in [5, 5.41) is 8.75. The lowest BCUT2D eigenvalue weighted by molar-refractivity contribution is -0.131. The van der Waals surface area contributed by atoms with Crippen LogP contribution in [0.25, 0.3) is 0 Å². The molecule has 1 rings (SSSR count). The number of hydrogen-bond donors (Lipinski definition) is 1. The van der Waals surface area contributed by atoms with Crippen molar-refractivity contribution < 1.29 is 14.7 Å². The molecule has 0 atom stereocenters. The van der Waals surface area contributed by atoms with Gasteiger partial charge in [-0.3, -0.25) is 4.79 Å². The highest BCUT2D eigenvalue weighted by molar-refractivity contribution is 9.10. The van der Waals surface area contributed by atoms with Crippen molar-refractivity contribution in [3.8, 4) is 0 Å². The Balaban J connectivity index is 3.23. The molecule has 0 saturated heterocycles. The lowest BCUT2D eigenvalue weighted by atomic mass is 10.1. The van der Waals surface area contributed by atoms with Gasteiger partial charge in [0.15, 0.2) is 0 Å². The molecule has 0 radical (unpaired) electrons. The van der Waals surface area contributed by atoms with Crippen molar-refractivity contribution in [1.29, 1.82) is 0 Å². The zero-order chi connectivity index (χ0) is 10.0. The fraction of sp³-hybridized carbons (Fsp3) is 0. The van der Waals surface area contributed by atoms with Crippen molar-refractivity contribution in [1.82, 2.24) is 0 Å². The first-order valence-electron chi connectivity index (χ1n) is 3.25. The third-order valence-electron chi connectivity index (χ3n) is 1.39. The van der Waals surface area contributed by atoms with Gasteiger partial charge < -0.3 is 5.11 Å². The number of ketones is 1. The average Bonchev–Trinajstić information content (AvgIpc) is 2.08. The molecular formula is C8H4BrClO3. The molecule has 0 spiro atoms. The van der Waals surface area contributed by atoms with Gasteiger partial charge in [0, 0.05) is 10.0 Å². The van der Waals surface area contributed by atoms with Crippen molar-refractivity contribution in [3.05, 3.63) is 33.3 Å². The van der Waals surface area contributed by atoms with Crippen molar-refractivity contribution >= 4 is 39.3 Å². The number of aliphatic carboxylic acids is 1. The van der Waals surface area contributed by atoms with Gasteiger partial charge in [-0.1, -0.05) is 17.7 Å². The number of carbonyl (C=O) groups excluding carboxylic acids is 1. The van der Waals surface area contributed by atoms with Crippen molar-refractivity contribution in [2.75, 3.05) is 0 Å². The third-order valence-corrected chi connectivity index (χ3v) is 2.79. The second-order valence-electron chi connectivity index (χ2n) is 2.24. The molecule has 0 heterocycles. The molecule has 1 aromatic carbocycles. The number of halogens is 2. The van der Waals surface area contributed by atoms with Crippen molar-refractivity contribution in [3.63, 3.8) is 0 Å². The highest BCUT2D eigenvalue weighted by Crippen LogP contribution is 2.26. The molecule has 1 aromatic rings. The molecule has 0 saturated carbocycles. The molecule has 0 fully saturated rings. The van der Waals surface area contributed by atoms with Crippen LogP contribution in [0.15, 0.2) is 22.7 Å². The Morgan fingerprint density at radius 3 is 2.54 bits per heavy atom. The van der Waals surface area contributed by atoms with E-state index in [0.29, 0.717) is 9.50 Å². The van der Waals surface area contributed by atoms with E-state index < -0.39 is 11.8 Å². The van der Waals surface area contributed by atoms with E-state index in [4.69, 9.17) is 16.7 Å². The van der Waals surface area contributed by atoms with E-state index in [0.717, 1.165) is 0 Å². The highest BCUT2D eigenvalue weighted by atomic mass is 79.9. The molecule has 0 amide bonds. The molecule has 5 heteroatoms. The van der Waals surface area contributed by atoms with Crippen LogP contribution in [0.5, 0.6) is 0 Å². The average molecular weight is 263 g/mol. The summed E-state index contributed by atoms with van der Waals surface area (Å²) in [7, 11) is 0. The number of rotatable bonds is 2. The zero-order valence-corrected chi connectivity index (χ0v) is 8.59. The maximum atomic E-state index is 11.0. The SMILES string of the molecule is O=C(O)C(=O)c1cccc(Cl)c1Br. The van der Waals surface area contributed by atoms with Gasteiger partial charge in [0.25, 0.3) is 5.78 Å². The Morgan fingerprint density at radius 2 is 2.00 bits per heavy atom. The van der Waals surface area contributed by atoms with Crippen LogP contribution in [-0.4, -0.2) is 16.9 Å². The summed E-state index contributed by atoms with van der Waals surface area (Å²) in [4.78, 5) is 21.4. The first-order chi connectivity index (χ1) is 6.04. The first kappa shape index (κ1) is 10.2. The topological polar surface area (TPSA) is 54.4 Å². The summed E-state index contributed by atoms with van der Waals surface area (Å²) in [5.41, 5.74) is 0.0556. The van der Waals surface area contributed by atoms with E-state index in [2.05, 4.69) is 15.9 Å². The Morgan fingerprint density at radius 1 is 1.38 bits per heavy atom. The molecule has 0 aliphatic carbocycles. The first-order valence-corrected chi connectivity index (χ1v) is 4.42. The number of carbonyl (C=O) groups is 2. The maximum Gasteiger partial charge on any atom is 0.377 e. The minimum Gasteiger partial charge on any atom is -0.475 e. The fourth-order valence-corrected chi connectivity index (χ4v) is 1.41. The van der Waals surface area contributed by atoms with Gasteiger partial charge in [0.05, 0.1) is 5.02 Å². The van der Waals surface area contributed by atoms with Crippen molar-refractivity contribution in [2.24, 2.45) is 0 Å². The largest absolute Gasteiger partial charge is 0.475 e. The van der Waals surface area contributed by atoms with E-state index in [1.54, 1.807) is 6.07 Å². The molecule has 0 aliphatic heterocycles. The van der Waals surface area contributed by atoms with Gasteiger partial charge >= 0.3 is 5.97 Å². The van der Waals surface area contributed by atoms with Crippen LogP contribution in [0, 0.1) is 0 Å². The van der Waals surface area contributed by atoms with Gasteiger partial charge in [0.2, 0.25) is 0 Å². The van der Waals surface area contributed by atoms with Gasteiger partial charge in [-0.15, -0.1) is 0 Å². The molecule has 3 nitrogen and oxygen atoms in total.